The Morgan fingerprint density at radius 2 is 2.67 bits per heavy atom. The van der Waals surface area contributed by atoms with Crippen LogP contribution in [0.1, 0.15) is 18.2 Å². The molecule has 1 unspecified atom stereocenters. The van der Waals surface area contributed by atoms with Gasteiger partial charge in [0.25, 0.3) is 0 Å². The molecular weight excluding hydrogens is 168 g/mol. The van der Waals surface area contributed by atoms with E-state index in [0.717, 1.165) is 13.0 Å². The molecule has 0 amide bonds. The van der Waals surface area contributed by atoms with Gasteiger partial charge in [0, 0.05) is 23.7 Å². The van der Waals surface area contributed by atoms with Gasteiger partial charge < -0.3 is 5.32 Å². The number of aromatic nitrogens is 1. The van der Waals surface area contributed by atoms with E-state index in [4.69, 9.17) is 0 Å². The minimum atomic E-state index is 0.504. The van der Waals surface area contributed by atoms with Gasteiger partial charge in [0.15, 0.2) is 0 Å². The average molecular weight is 182 g/mol. The minimum absolute atomic E-state index is 0.504. The topological polar surface area (TPSA) is 24.9 Å². The third-order valence-electron chi connectivity index (χ3n) is 1.63. The molecule has 12 heavy (non-hydrogen) atoms. The third kappa shape index (κ3) is 3.15. The van der Waals surface area contributed by atoms with Crippen molar-refractivity contribution in [2.45, 2.75) is 25.9 Å². The Morgan fingerprint density at radius 1 is 1.83 bits per heavy atom. The van der Waals surface area contributed by atoms with Crippen molar-refractivity contribution in [1.29, 1.82) is 0 Å². The lowest BCUT2D eigenvalue weighted by Crippen LogP contribution is -2.24. The van der Waals surface area contributed by atoms with E-state index in [1.165, 1.54) is 4.88 Å². The smallest absolute Gasteiger partial charge is 0.0794 e. The van der Waals surface area contributed by atoms with E-state index in [9.17, 15) is 0 Å². The van der Waals surface area contributed by atoms with Crippen LogP contribution in [0.4, 0.5) is 0 Å². The molecule has 66 valence electrons. The van der Waals surface area contributed by atoms with E-state index in [1.807, 2.05) is 17.8 Å². The normalized spacial score (nSPS) is 12.8. The number of nitrogens with zero attached hydrogens (tertiary/aromatic N) is 1. The van der Waals surface area contributed by atoms with Crippen molar-refractivity contribution in [1.82, 2.24) is 10.3 Å². The van der Waals surface area contributed by atoms with E-state index < -0.39 is 0 Å². The maximum Gasteiger partial charge on any atom is 0.0794 e. The molecule has 1 atom stereocenters. The fourth-order valence-corrected chi connectivity index (χ4v) is 1.48. The minimum Gasteiger partial charge on any atom is -0.309 e. The molecule has 0 aliphatic carbocycles. The first-order valence-corrected chi connectivity index (χ1v) is 4.92. The van der Waals surface area contributed by atoms with Crippen LogP contribution in [0.3, 0.4) is 0 Å². The molecule has 1 aromatic heterocycles. The summed E-state index contributed by atoms with van der Waals surface area (Å²) in [7, 11) is 0. The molecule has 0 spiro atoms. The van der Waals surface area contributed by atoms with Gasteiger partial charge in [0.05, 0.1) is 5.51 Å². The van der Waals surface area contributed by atoms with Gasteiger partial charge in [0.1, 0.15) is 0 Å². The molecule has 0 saturated heterocycles. The third-order valence-corrected chi connectivity index (χ3v) is 2.41. The molecule has 1 heterocycles. The molecular formula is C9H14N2S. The first-order chi connectivity index (χ1) is 5.83. The lowest BCUT2D eigenvalue weighted by Gasteiger charge is -2.09. The van der Waals surface area contributed by atoms with Crippen molar-refractivity contribution in [3.05, 3.63) is 29.2 Å². The van der Waals surface area contributed by atoms with E-state index in [1.54, 1.807) is 11.3 Å². The van der Waals surface area contributed by atoms with Crippen LogP contribution >= 0.6 is 11.3 Å². The summed E-state index contributed by atoms with van der Waals surface area (Å²) in [4.78, 5) is 5.29. The lowest BCUT2D eigenvalue weighted by molar-refractivity contribution is 0.557. The molecule has 1 aromatic rings. The molecule has 3 heteroatoms. The fourth-order valence-electron chi connectivity index (χ4n) is 0.938. The van der Waals surface area contributed by atoms with Crippen molar-refractivity contribution in [2.75, 3.05) is 0 Å². The van der Waals surface area contributed by atoms with Gasteiger partial charge >= 0.3 is 0 Å². The van der Waals surface area contributed by atoms with Gasteiger partial charge in [-0.2, -0.15) is 0 Å². The highest BCUT2D eigenvalue weighted by Gasteiger charge is 1.98. The average Bonchev–Trinajstić information content (AvgIpc) is 2.53. The Balaban J connectivity index is 2.21. The van der Waals surface area contributed by atoms with E-state index >= 15 is 0 Å². The summed E-state index contributed by atoms with van der Waals surface area (Å²) in [5, 5.41) is 3.39. The summed E-state index contributed by atoms with van der Waals surface area (Å²) in [6.07, 6.45) is 4.85. The Morgan fingerprint density at radius 3 is 3.25 bits per heavy atom. The highest BCUT2D eigenvalue weighted by molar-refractivity contribution is 7.09. The first-order valence-electron chi connectivity index (χ1n) is 4.04. The summed E-state index contributed by atoms with van der Waals surface area (Å²) in [6, 6.07) is 0.504. The second-order valence-corrected chi connectivity index (χ2v) is 3.74. The Hall–Kier alpha value is -0.670. The standard InChI is InChI=1S/C9H14N2S/c1-3-4-8(2)11-6-9-5-10-7-12-9/h3,5,7-8,11H,1,4,6H2,2H3. The first kappa shape index (κ1) is 9.42. The summed E-state index contributed by atoms with van der Waals surface area (Å²) in [5.41, 5.74) is 1.86. The van der Waals surface area contributed by atoms with Crippen molar-refractivity contribution < 1.29 is 0 Å². The zero-order valence-electron chi connectivity index (χ0n) is 7.29. The van der Waals surface area contributed by atoms with Crippen LogP contribution in [0.15, 0.2) is 24.4 Å². The van der Waals surface area contributed by atoms with Crippen molar-refractivity contribution in [3.63, 3.8) is 0 Å². The predicted molar refractivity (Wildman–Crippen MR) is 53.2 cm³/mol. The number of nitrogens with one attached hydrogen (secondary N) is 1. The van der Waals surface area contributed by atoms with Crippen LogP contribution in [-0.2, 0) is 6.54 Å². The van der Waals surface area contributed by atoms with Gasteiger partial charge in [-0.1, -0.05) is 6.08 Å². The summed E-state index contributed by atoms with van der Waals surface area (Å²) >= 11 is 1.68. The van der Waals surface area contributed by atoms with Gasteiger partial charge in [-0.15, -0.1) is 17.9 Å². The number of hydrogen-bond donors (Lipinski definition) is 1. The zero-order chi connectivity index (χ0) is 8.81. The van der Waals surface area contributed by atoms with Crippen LogP contribution in [0.25, 0.3) is 0 Å². The van der Waals surface area contributed by atoms with Crippen LogP contribution in [0.2, 0.25) is 0 Å². The van der Waals surface area contributed by atoms with E-state index in [0.29, 0.717) is 6.04 Å². The summed E-state index contributed by atoms with van der Waals surface area (Å²) in [6.45, 7) is 6.77. The second-order valence-electron chi connectivity index (χ2n) is 2.77. The van der Waals surface area contributed by atoms with Crippen molar-refractivity contribution in [3.8, 4) is 0 Å². The Bertz CT molecular complexity index is 218. The van der Waals surface area contributed by atoms with E-state index in [-0.39, 0.29) is 0 Å². The molecule has 0 aliphatic rings. The van der Waals surface area contributed by atoms with Crippen LogP contribution < -0.4 is 5.32 Å². The maximum absolute atomic E-state index is 4.00. The van der Waals surface area contributed by atoms with Gasteiger partial charge in [-0.25, -0.2) is 0 Å². The van der Waals surface area contributed by atoms with Crippen molar-refractivity contribution in [2.24, 2.45) is 0 Å². The molecule has 1 N–H and O–H groups in total. The number of rotatable bonds is 5. The highest BCUT2D eigenvalue weighted by Crippen LogP contribution is 2.05. The summed E-state index contributed by atoms with van der Waals surface area (Å²) in [5.74, 6) is 0. The molecule has 2 nitrogen and oxygen atoms in total. The number of hydrogen-bond acceptors (Lipinski definition) is 3. The second kappa shape index (κ2) is 5.06. The lowest BCUT2D eigenvalue weighted by atomic mass is 10.2. The molecule has 0 saturated carbocycles. The highest BCUT2D eigenvalue weighted by atomic mass is 32.1. The monoisotopic (exact) mass is 182 g/mol. The molecule has 0 bridgehead atoms. The molecule has 0 aromatic carbocycles. The predicted octanol–water partition coefficient (Wildman–Crippen LogP) is 2.20. The van der Waals surface area contributed by atoms with E-state index in [2.05, 4.69) is 23.8 Å². The molecule has 0 fully saturated rings. The molecule has 0 radical (unpaired) electrons. The Labute approximate surface area is 77.3 Å². The maximum atomic E-state index is 4.00. The zero-order valence-corrected chi connectivity index (χ0v) is 8.10. The van der Waals surface area contributed by atoms with Crippen LogP contribution in [-0.4, -0.2) is 11.0 Å². The molecule has 1 rings (SSSR count). The van der Waals surface area contributed by atoms with Gasteiger partial charge in [-0.3, -0.25) is 4.98 Å². The van der Waals surface area contributed by atoms with Crippen LogP contribution in [0, 0.1) is 0 Å². The largest absolute Gasteiger partial charge is 0.309 e. The van der Waals surface area contributed by atoms with Crippen LogP contribution in [0.5, 0.6) is 0 Å². The fraction of sp³-hybridized carbons (Fsp3) is 0.444. The van der Waals surface area contributed by atoms with Gasteiger partial charge in [0.2, 0.25) is 0 Å². The summed E-state index contributed by atoms with van der Waals surface area (Å²) < 4.78 is 0. The van der Waals surface area contributed by atoms with Crippen molar-refractivity contribution >= 4 is 11.3 Å². The SMILES string of the molecule is C=CCC(C)NCc1cncs1. The molecule has 0 aliphatic heterocycles. The Kier molecular flexibility index (Phi) is 3.97. The quantitative estimate of drug-likeness (QED) is 0.706. The number of thiazole rings is 1. The van der Waals surface area contributed by atoms with Gasteiger partial charge in [-0.05, 0) is 13.3 Å².